The van der Waals surface area contributed by atoms with E-state index in [4.69, 9.17) is 9.47 Å². The highest BCUT2D eigenvalue weighted by atomic mass is 19.1. The molecule has 0 radical (unpaired) electrons. The normalized spacial score (nSPS) is 11.1. The van der Waals surface area contributed by atoms with Crippen LogP contribution in [-0.2, 0) is 20.7 Å². The molecule has 0 unspecified atom stereocenters. The van der Waals surface area contributed by atoms with Gasteiger partial charge in [-0.3, -0.25) is 0 Å². The minimum atomic E-state index is -0.396. The maximum atomic E-state index is 15.7. The Kier molecular flexibility index (Phi) is 10.8. The summed E-state index contributed by atoms with van der Waals surface area (Å²) in [6.45, 7) is 4.38. The van der Waals surface area contributed by atoms with E-state index in [1.165, 1.54) is 17.2 Å². The number of aryl methyl sites for hydroxylation is 1. The molecule has 49 heavy (non-hydrogen) atoms. The summed E-state index contributed by atoms with van der Waals surface area (Å²) in [6.07, 6.45) is 7.77. The number of unbranched alkanes of at least 4 members (excludes halogenated alkanes) is 1. The molecule has 0 aliphatic rings. The van der Waals surface area contributed by atoms with E-state index >= 15 is 4.39 Å². The number of benzene rings is 6. The summed E-state index contributed by atoms with van der Waals surface area (Å²) >= 11 is 0. The van der Waals surface area contributed by atoms with Crippen LogP contribution in [-0.4, -0.2) is 26.3 Å². The Hall–Kier alpha value is -5.76. The summed E-state index contributed by atoms with van der Waals surface area (Å²) in [4.78, 5) is 11.2. The molecular formula is C45H37FO3. The zero-order valence-corrected chi connectivity index (χ0v) is 27.5. The number of ether oxygens (including phenoxy) is 2. The highest BCUT2D eigenvalue weighted by Gasteiger charge is 2.10. The molecule has 0 aliphatic carbocycles. The van der Waals surface area contributed by atoms with Crippen LogP contribution in [0.2, 0.25) is 0 Å². The van der Waals surface area contributed by atoms with Crippen LogP contribution in [0.3, 0.4) is 0 Å². The first-order valence-corrected chi connectivity index (χ1v) is 16.4. The lowest BCUT2D eigenvalue weighted by atomic mass is 9.97. The highest BCUT2D eigenvalue weighted by molar-refractivity contribution is 5.90. The first-order chi connectivity index (χ1) is 24.0. The van der Waals surface area contributed by atoms with Gasteiger partial charge in [-0.1, -0.05) is 116 Å². The van der Waals surface area contributed by atoms with E-state index in [0.717, 1.165) is 63.2 Å². The van der Waals surface area contributed by atoms with Crippen LogP contribution in [0, 0.1) is 17.7 Å². The van der Waals surface area contributed by atoms with E-state index in [-0.39, 0.29) is 5.82 Å². The number of halogens is 1. The lowest BCUT2D eigenvalue weighted by Crippen LogP contribution is -2.02. The molecule has 0 spiro atoms. The van der Waals surface area contributed by atoms with Crippen molar-refractivity contribution in [3.05, 3.63) is 162 Å². The average Bonchev–Trinajstić information content (AvgIpc) is 3.14. The van der Waals surface area contributed by atoms with Crippen molar-refractivity contribution in [2.75, 3.05) is 20.3 Å². The van der Waals surface area contributed by atoms with Gasteiger partial charge in [0.2, 0.25) is 0 Å². The Morgan fingerprint density at radius 2 is 1.39 bits per heavy atom. The maximum absolute atomic E-state index is 15.7. The standard InChI is InChI=1S/C45H37FO3/c1-3-44(47)49-28-5-4-7-32-13-19-37(20-14-32)42-26-24-41-30-35(16-25-43(41)45(42)46)10-9-34-15-21-40-31-39(23-22-38(40)29-34)36-17-11-33(12-18-36)8-6-27-48-2/h3,6,8,11-26,29-31H,1,4-5,7,27-28H2,2H3/b8-6+. The number of esters is 1. The number of carbonyl (C=O) groups is 1. The van der Waals surface area contributed by atoms with Crippen molar-refractivity contribution >= 4 is 33.6 Å². The van der Waals surface area contributed by atoms with Crippen LogP contribution in [0.5, 0.6) is 0 Å². The molecule has 0 aliphatic heterocycles. The first kappa shape index (κ1) is 33.2. The fraction of sp³-hybridized carbons (Fsp3) is 0.133. The largest absolute Gasteiger partial charge is 0.463 e. The molecule has 0 saturated carbocycles. The number of fused-ring (bicyclic) bond motifs is 2. The minimum absolute atomic E-state index is 0.238. The van der Waals surface area contributed by atoms with Gasteiger partial charge in [0.05, 0.1) is 13.2 Å². The molecule has 242 valence electrons. The van der Waals surface area contributed by atoms with Gasteiger partial charge in [0.25, 0.3) is 0 Å². The van der Waals surface area contributed by atoms with Crippen molar-refractivity contribution in [1.29, 1.82) is 0 Å². The molecule has 0 fully saturated rings. The molecule has 0 amide bonds. The van der Waals surface area contributed by atoms with Crippen molar-refractivity contribution in [3.8, 4) is 34.1 Å². The van der Waals surface area contributed by atoms with E-state index in [2.05, 4.69) is 79.1 Å². The molecule has 6 aromatic carbocycles. The van der Waals surface area contributed by atoms with Gasteiger partial charge in [-0.2, -0.15) is 0 Å². The third-order valence-corrected chi connectivity index (χ3v) is 8.50. The topological polar surface area (TPSA) is 35.5 Å². The zero-order valence-electron chi connectivity index (χ0n) is 27.5. The van der Waals surface area contributed by atoms with Gasteiger partial charge in [0, 0.05) is 35.3 Å². The van der Waals surface area contributed by atoms with Crippen molar-refractivity contribution < 1.29 is 18.7 Å². The molecule has 0 atom stereocenters. The predicted molar refractivity (Wildman–Crippen MR) is 200 cm³/mol. The van der Waals surface area contributed by atoms with Crippen molar-refractivity contribution in [2.24, 2.45) is 0 Å². The Morgan fingerprint density at radius 1 is 0.735 bits per heavy atom. The van der Waals surface area contributed by atoms with Crippen LogP contribution >= 0.6 is 0 Å². The summed E-state index contributed by atoms with van der Waals surface area (Å²) in [5.74, 6) is 5.93. The third kappa shape index (κ3) is 8.40. The van der Waals surface area contributed by atoms with Gasteiger partial charge in [-0.05, 0) is 93.6 Å². The summed E-state index contributed by atoms with van der Waals surface area (Å²) < 4.78 is 25.8. The van der Waals surface area contributed by atoms with E-state index in [9.17, 15) is 4.79 Å². The van der Waals surface area contributed by atoms with Gasteiger partial charge in [-0.25, -0.2) is 9.18 Å². The second kappa shape index (κ2) is 15.9. The van der Waals surface area contributed by atoms with E-state index in [1.807, 2.05) is 66.7 Å². The summed E-state index contributed by atoms with van der Waals surface area (Å²) in [6, 6.07) is 38.7. The monoisotopic (exact) mass is 644 g/mol. The fourth-order valence-electron chi connectivity index (χ4n) is 5.82. The van der Waals surface area contributed by atoms with Gasteiger partial charge >= 0.3 is 5.97 Å². The van der Waals surface area contributed by atoms with Crippen LogP contribution < -0.4 is 0 Å². The van der Waals surface area contributed by atoms with Gasteiger partial charge in [0.1, 0.15) is 5.82 Å². The number of carbonyl (C=O) groups excluding carboxylic acids is 1. The molecule has 4 heteroatoms. The second-order valence-electron chi connectivity index (χ2n) is 11.9. The first-order valence-electron chi connectivity index (χ1n) is 16.4. The van der Waals surface area contributed by atoms with Crippen LogP contribution in [0.1, 0.15) is 35.1 Å². The van der Waals surface area contributed by atoms with Gasteiger partial charge in [0.15, 0.2) is 0 Å². The smallest absolute Gasteiger partial charge is 0.330 e. The van der Waals surface area contributed by atoms with E-state index in [1.54, 1.807) is 7.11 Å². The van der Waals surface area contributed by atoms with Gasteiger partial charge in [-0.15, -0.1) is 0 Å². The quantitative estimate of drug-likeness (QED) is 0.0609. The number of rotatable bonds is 11. The number of methoxy groups -OCH3 is 1. The highest BCUT2D eigenvalue weighted by Crippen LogP contribution is 2.30. The Labute approximate surface area is 287 Å². The molecule has 0 heterocycles. The summed E-state index contributed by atoms with van der Waals surface area (Å²) in [5.41, 5.74) is 7.80. The Balaban J connectivity index is 1.12. The van der Waals surface area contributed by atoms with Crippen molar-refractivity contribution in [2.45, 2.75) is 19.3 Å². The van der Waals surface area contributed by atoms with Crippen LogP contribution in [0.25, 0.3) is 49.9 Å². The van der Waals surface area contributed by atoms with Crippen LogP contribution in [0.4, 0.5) is 4.39 Å². The fourth-order valence-corrected chi connectivity index (χ4v) is 5.82. The minimum Gasteiger partial charge on any atom is -0.463 e. The van der Waals surface area contributed by atoms with E-state index in [0.29, 0.717) is 24.2 Å². The van der Waals surface area contributed by atoms with Gasteiger partial charge < -0.3 is 9.47 Å². The molecule has 0 N–H and O–H groups in total. The van der Waals surface area contributed by atoms with Crippen molar-refractivity contribution in [3.63, 3.8) is 0 Å². The molecular weight excluding hydrogens is 607 g/mol. The number of hydrogen-bond donors (Lipinski definition) is 0. The van der Waals surface area contributed by atoms with Crippen LogP contribution in [0.15, 0.2) is 134 Å². The SMILES string of the molecule is C=CC(=O)OCCCCc1ccc(-c2ccc3cc(C#Cc4ccc5cc(-c6ccc(/C=C/COC)cc6)ccc5c4)ccc3c2F)cc1. The predicted octanol–water partition coefficient (Wildman–Crippen LogP) is 10.6. The Morgan fingerprint density at radius 3 is 2.14 bits per heavy atom. The summed E-state index contributed by atoms with van der Waals surface area (Å²) in [7, 11) is 1.69. The summed E-state index contributed by atoms with van der Waals surface area (Å²) in [5, 5.41) is 3.66. The second-order valence-corrected chi connectivity index (χ2v) is 11.9. The zero-order chi connectivity index (χ0) is 34.0. The van der Waals surface area contributed by atoms with Crippen molar-refractivity contribution in [1.82, 2.24) is 0 Å². The third-order valence-electron chi connectivity index (χ3n) is 8.50. The Bertz CT molecular complexity index is 2200. The molecule has 0 aromatic heterocycles. The molecule has 3 nitrogen and oxygen atoms in total. The molecule has 6 rings (SSSR count). The maximum Gasteiger partial charge on any atom is 0.330 e. The lowest BCUT2D eigenvalue weighted by molar-refractivity contribution is -0.137. The lowest BCUT2D eigenvalue weighted by Gasteiger charge is -2.09. The average molecular weight is 645 g/mol. The molecule has 0 bridgehead atoms. The molecule has 6 aromatic rings. The number of hydrogen-bond acceptors (Lipinski definition) is 3. The molecule has 0 saturated heterocycles. The van der Waals surface area contributed by atoms with E-state index < -0.39 is 5.97 Å².